The van der Waals surface area contributed by atoms with Crippen LogP contribution in [0.15, 0.2) is 18.3 Å². The normalized spacial score (nSPS) is 13.1. The first-order chi connectivity index (χ1) is 8.81. The average Bonchev–Trinajstić information content (AvgIpc) is 2.33. The topological polar surface area (TPSA) is 77.2 Å². The Kier molecular flexibility index (Phi) is 5.30. The van der Waals surface area contributed by atoms with E-state index in [1.165, 1.54) is 0 Å². The van der Waals surface area contributed by atoms with Crippen molar-refractivity contribution in [2.45, 2.75) is 52.3 Å². The van der Waals surface area contributed by atoms with Crippen molar-refractivity contribution in [2.75, 3.05) is 0 Å². The van der Waals surface area contributed by atoms with E-state index in [-0.39, 0.29) is 5.54 Å². The number of nitrogens with zero attached hydrogens (tertiary/aromatic N) is 1. The lowest BCUT2D eigenvalue weighted by Crippen LogP contribution is -2.35. The molecule has 0 bridgehead atoms. The van der Waals surface area contributed by atoms with Gasteiger partial charge in [0.25, 0.3) is 5.91 Å². The first-order valence-electron chi connectivity index (χ1n) is 6.47. The van der Waals surface area contributed by atoms with Gasteiger partial charge in [-0.05, 0) is 39.3 Å². The maximum absolute atomic E-state index is 11.1. The molecule has 1 aromatic heterocycles. The standard InChI is InChI=1S/C14H23N3O2/c1-5-12(13(15)18)19-11-7-6-10(16-9-11)8-17-14(2,3)4/h6-7,9,12,17H,5,8H2,1-4H3,(H2,15,18). The van der Waals surface area contributed by atoms with E-state index in [2.05, 4.69) is 31.1 Å². The molecule has 0 saturated heterocycles. The number of hydrogen-bond donors (Lipinski definition) is 2. The summed E-state index contributed by atoms with van der Waals surface area (Å²) in [6.07, 6.45) is 1.56. The van der Waals surface area contributed by atoms with E-state index in [4.69, 9.17) is 10.5 Å². The zero-order chi connectivity index (χ0) is 14.5. The van der Waals surface area contributed by atoms with E-state index in [1.54, 1.807) is 12.3 Å². The van der Waals surface area contributed by atoms with Crippen molar-refractivity contribution in [1.29, 1.82) is 0 Å². The van der Waals surface area contributed by atoms with Crippen molar-refractivity contribution in [3.63, 3.8) is 0 Å². The third-order valence-corrected chi connectivity index (χ3v) is 2.56. The van der Waals surface area contributed by atoms with Gasteiger partial charge in [-0.2, -0.15) is 0 Å². The summed E-state index contributed by atoms with van der Waals surface area (Å²) in [5.74, 6) is 0.103. The van der Waals surface area contributed by atoms with E-state index in [9.17, 15) is 4.79 Å². The predicted molar refractivity (Wildman–Crippen MR) is 74.7 cm³/mol. The molecular weight excluding hydrogens is 242 g/mol. The fraction of sp³-hybridized carbons (Fsp3) is 0.571. The molecule has 1 heterocycles. The largest absolute Gasteiger partial charge is 0.479 e. The number of pyridine rings is 1. The number of aromatic nitrogens is 1. The lowest BCUT2D eigenvalue weighted by Gasteiger charge is -2.20. The van der Waals surface area contributed by atoms with Gasteiger partial charge in [-0.15, -0.1) is 0 Å². The summed E-state index contributed by atoms with van der Waals surface area (Å²) in [6.45, 7) is 8.84. The molecular formula is C14H23N3O2. The van der Waals surface area contributed by atoms with Gasteiger partial charge >= 0.3 is 0 Å². The molecule has 1 unspecified atom stereocenters. The van der Waals surface area contributed by atoms with Crippen molar-refractivity contribution >= 4 is 5.91 Å². The molecule has 0 aromatic carbocycles. The van der Waals surface area contributed by atoms with Crippen molar-refractivity contribution in [3.8, 4) is 5.75 Å². The average molecular weight is 265 g/mol. The Balaban J connectivity index is 2.59. The number of nitrogens with two attached hydrogens (primary N) is 1. The molecule has 0 radical (unpaired) electrons. The van der Waals surface area contributed by atoms with Gasteiger partial charge in [0.2, 0.25) is 0 Å². The number of carbonyl (C=O) groups is 1. The number of ether oxygens (including phenoxy) is 1. The van der Waals surface area contributed by atoms with Crippen LogP contribution < -0.4 is 15.8 Å². The highest BCUT2D eigenvalue weighted by Crippen LogP contribution is 2.13. The molecule has 0 spiro atoms. The quantitative estimate of drug-likeness (QED) is 0.819. The molecule has 3 N–H and O–H groups in total. The maximum Gasteiger partial charge on any atom is 0.258 e. The van der Waals surface area contributed by atoms with Crippen LogP contribution in [-0.2, 0) is 11.3 Å². The van der Waals surface area contributed by atoms with Gasteiger partial charge < -0.3 is 15.8 Å². The second-order valence-electron chi connectivity index (χ2n) is 5.51. The fourth-order valence-corrected chi connectivity index (χ4v) is 1.45. The van der Waals surface area contributed by atoms with Gasteiger partial charge in [-0.1, -0.05) is 6.92 Å². The molecule has 0 fully saturated rings. The molecule has 1 atom stereocenters. The van der Waals surface area contributed by atoms with E-state index in [0.29, 0.717) is 18.7 Å². The summed E-state index contributed by atoms with van der Waals surface area (Å²) in [6, 6.07) is 3.68. The van der Waals surface area contributed by atoms with E-state index in [0.717, 1.165) is 5.69 Å². The molecule has 1 amide bonds. The number of carbonyl (C=O) groups excluding carboxylic acids is 1. The Morgan fingerprint density at radius 2 is 2.16 bits per heavy atom. The summed E-state index contributed by atoms with van der Waals surface area (Å²) >= 11 is 0. The summed E-state index contributed by atoms with van der Waals surface area (Å²) in [4.78, 5) is 15.4. The first kappa shape index (κ1) is 15.4. The molecule has 0 saturated carbocycles. The second-order valence-corrected chi connectivity index (χ2v) is 5.51. The summed E-state index contributed by atoms with van der Waals surface area (Å²) in [5, 5.41) is 3.35. The maximum atomic E-state index is 11.1. The van der Waals surface area contributed by atoms with Crippen molar-refractivity contribution in [2.24, 2.45) is 5.73 Å². The Labute approximate surface area is 114 Å². The van der Waals surface area contributed by atoms with Gasteiger partial charge in [0.15, 0.2) is 6.10 Å². The van der Waals surface area contributed by atoms with Crippen LogP contribution in [0.2, 0.25) is 0 Å². The number of amides is 1. The number of rotatable bonds is 6. The van der Waals surface area contributed by atoms with Crippen molar-refractivity contribution in [1.82, 2.24) is 10.3 Å². The minimum atomic E-state index is -0.597. The van der Waals surface area contributed by atoms with Crippen LogP contribution in [0.4, 0.5) is 0 Å². The summed E-state index contributed by atoms with van der Waals surface area (Å²) in [7, 11) is 0. The molecule has 19 heavy (non-hydrogen) atoms. The fourth-order valence-electron chi connectivity index (χ4n) is 1.45. The minimum absolute atomic E-state index is 0.0517. The van der Waals surface area contributed by atoms with Crippen molar-refractivity contribution in [3.05, 3.63) is 24.0 Å². The van der Waals surface area contributed by atoms with Crippen molar-refractivity contribution < 1.29 is 9.53 Å². The number of nitrogens with one attached hydrogen (secondary N) is 1. The highest BCUT2D eigenvalue weighted by atomic mass is 16.5. The van der Waals surface area contributed by atoms with Crippen LogP contribution >= 0.6 is 0 Å². The van der Waals surface area contributed by atoms with Crippen LogP contribution in [0.1, 0.15) is 39.8 Å². The van der Waals surface area contributed by atoms with E-state index < -0.39 is 12.0 Å². The van der Waals surface area contributed by atoms with Crippen LogP contribution in [0.3, 0.4) is 0 Å². The summed E-state index contributed by atoms with van der Waals surface area (Å²) in [5.41, 5.74) is 6.20. The third-order valence-electron chi connectivity index (χ3n) is 2.56. The lowest BCUT2D eigenvalue weighted by molar-refractivity contribution is -0.124. The molecule has 5 nitrogen and oxygen atoms in total. The van der Waals surface area contributed by atoms with E-state index in [1.807, 2.05) is 13.0 Å². The van der Waals surface area contributed by atoms with Gasteiger partial charge in [-0.3, -0.25) is 9.78 Å². The Morgan fingerprint density at radius 3 is 2.58 bits per heavy atom. The van der Waals surface area contributed by atoms with Gasteiger partial charge in [0.1, 0.15) is 5.75 Å². The number of hydrogen-bond acceptors (Lipinski definition) is 4. The molecule has 106 valence electrons. The Bertz CT molecular complexity index is 410. The molecule has 5 heteroatoms. The lowest BCUT2D eigenvalue weighted by atomic mass is 10.1. The predicted octanol–water partition coefficient (Wildman–Crippen LogP) is 1.61. The Morgan fingerprint density at radius 1 is 1.47 bits per heavy atom. The van der Waals surface area contributed by atoms with Gasteiger partial charge in [0, 0.05) is 12.1 Å². The summed E-state index contributed by atoms with van der Waals surface area (Å²) < 4.78 is 5.47. The van der Waals surface area contributed by atoms with Gasteiger partial charge in [0.05, 0.1) is 11.9 Å². The smallest absolute Gasteiger partial charge is 0.258 e. The Hall–Kier alpha value is -1.62. The molecule has 0 aliphatic rings. The van der Waals surface area contributed by atoms with Crippen LogP contribution in [0.25, 0.3) is 0 Å². The monoisotopic (exact) mass is 265 g/mol. The van der Waals surface area contributed by atoms with Crippen LogP contribution in [0.5, 0.6) is 5.75 Å². The molecule has 0 aliphatic heterocycles. The third kappa shape index (κ3) is 5.70. The minimum Gasteiger partial charge on any atom is -0.479 e. The van der Waals surface area contributed by atoms with Crippen LogP contribution in [-0.4, -0.2) is 22.5 Å². The zero-order valence-electron chi connectivity index (χ0n) is 12.1. The molecule has 0 aliphatic carbocycles. The zero-order valence-corrected chi connectivity index (χ0v) is 12.1. The highest BCUT2D eigenvalue weighted by Gasteiger charge is 2.14. The second kappa shape index (κ2) is 6.52. The molecule has 1 rings (SSSR count). The SMILES string of the molecule is CCC(Oc1ccc(CNC(C)(C)C)nc1)C(N)=O. The van der Waals surface area contributed by atoms with Crippen LogP contribution in [0, 0.1) is 0 Å². The number of primary amides is 1. The first-order valence-corrected chi connectivity index (χ1v) is 6.47. The molecule has 1 aromatic rings. The van der Waals surface area contributed by atoms with E-state index >= 15 is 0 Å². The highest BCUT2D eigenvalue weighted by molar-refractivity contribution is 5.79. The van der Waals surface area contributed by atoms with Gasteiger partial charge in [-0.25, -0.2) is 0 Å².